The second kappa shape index (κ2) is 6.86. The van der Waals surface area contributed by atoms with Crippen molar-refractivity contribution in [3.63, 3.8) is 0 Å². The third-order valence-electron chi connectivity index (χ3n) is 2.78. The molecule has 2 rings (SSSR count). The number of thiazole rings is 1. The molecule has 0 fully saturated rings. The maximum Gasteiger partial charge on any atom is 0.267 e. The molecule has 0 saturated heterocycles. The summed E-state index contributed by atoms with van der Waals surface area (Å²) in [6.07, 6.45) is 1.38. The summed E-state index contributed by atoms with van der Waals surface area (Å²) in [5, 5.41) is 11.8. The summed E-state index contributed by atoms with van der Waals surface area (Å²) in [4.78, 5) is 16.6. The molecule has 1 heterocycles. The lowest BCUT2D eigenvalue weighted by Crippen LogP contribution is -2.32. The van der Waals surface area contributed by atoms with Crippen LogP contribution >= 0.6 is 11.3 Å². The molecule has 0 aliphatic rings. The van der Waals surface area contributed by atoms with Gasteiger partial charge in [0.25, 0.3) is 5.91 Å². The summed E-state index contributed by atoms with van der Waals surface area (Å²) in [6.45, 7) is 3.84. The minimum absolute atomic E-state index is 0.266. The predicted molar refractivity (Wildman–Crippen MR) is 81.3 cm³/mol. The van der Waals surface area contributed by atoms with Crippen molar-refractivity contribution in [2.45, 2.75) is 26.4 Å². The molecule has 0 radical (unpaired) electrons. The summed E-state index contributed by atoms with van der Waals surface area (Å²) < 4.78 is 5.71. The number of aromatic nitrogens is 1. The molecule has 2 aromatic rings. The van der Waals surface area contributed by atoms with E-state index < -0.39 is 6.10 Å². The highest BCUT2D eigenvalue weighted by Gasteiger charge is 2.19. The average molecular weight is 301 g/mol. The van der Waals surface area contributed by atoms with E-state index in [4.69, 9.17) is 10.00 Å². The van der Waals surface area contributed by atoms with Gasteiger partial charge in [-0.05, 0) is 31.0 Å². The van der Waals surface area contributed by atoms with Crippen LogP contribution in [0.5, 0.6) is 5.75 Å². The number of nitrogens with one attached hydrogen (secondary N) is 1. The molecule has 0 aliphatic heterocycles. The number of rotatable bonds is 5. The third-order valence-corrected chi connectivity index (χ3v) is 3.59. The zero-order chi connectivity index (χ0) is 15.2. The number of ether oxygens (including phenoxy) is 1. The molecular weight excluding hydrogens is 286 g/mol. The van der Waals surface area contributed by atoms with Gasteiger partial charge in [0, 0.05) is 0 Å². The molecule has 21 heavy (non-hydrogen) atoms. The van der Waals surface area contributed by atoms with Crippen LogP contribution in [0.15, 0.2) is 30.5 Å². The van der Waals surface area contributed by atoms with Crippen molar-refractivity contribution in [2.75, 3.05) is 5.32 Å². The first-order valence-electron chi connectivity index (χ1n) is 6.52. The summed E-state index contributed by atoms with van der Waals surface area (Å²) >= 11 is 1.14. The van der Waals surface area contributed by atoms with E-state index in [2.05, 4.69) is 10.3 Å². The Morgan fingerprint density at radius 1 is 1.57 bits per heavy atom. The number of carbonyl (C=O) groups is 1. The van der Waals surface area contributed by atoms with Crippen LogP contribution in [0.3, 0.4) is 0 Å². The minimum atomic E-state index is -0.596. The molecule has 0 saturated carbocycles. The maximum absolute atomic E-state index is 12.2. The molecular formula is C15H15N3O2S. The number of carbonyl (C=O) groups excluding carboxylic acids is 1. The Labute approximate surface area is 127 Å². The SMILES string of the molecule is CCC(Oc1cccc(C)c1)C(=O)Nc1ncc(C#N)s1. The van der Waals surface area contributed by atoms with Crippen molar-refractivity contribution in [3.05, 3.63) is 40.9 Å². The zero-order valence-electron chi connectivity index (χ0n) is 11.8. The number of amides is 1. The highest BCUT2D eigenvalue weighted by molar-refractivity contribution is 7.16. The second-order valence-electron chi connectivity index (χ2n) is 4.46. The lowest BCUT2D eigenvalue weighted by atomic mass is 10.2. The lowest BCUT2D eigenvalue weighted by Gasteiger charge is -2.16. The highest BCUT2D eigenvalue weighted by Crippen LogP contribution is 2.19. The van der Waals surface area contributed by atoms with Gasteiger partial charge in [0.2, 0.25) is 0 Å². The van der Waals surface area contributed by atoms with E-state index in [9.17, 15) is 4.79 Å². The van der Waals surface area contributed by atoms with Gasteiger partial charge < -0.3 is 4.74 Å². The minimum Gasteiger partial charge on any atom is -0.481 e. The molecule has 1 amide bonds. The molecule has 6 heteroatoms. The van der Waals surface area contributed by atoms with Gasteiger partial charge in [-0.2, -0.15) is 5.26 Å². The van der Waals surface area contributed by atoms with E-state index in [1.54, 1.807) is 0 Å². The number of nitrogens with zero attached hydrogens (tertiary/aromatic N) is 2. The van der Waals surface area contributed by atoms with E-state index in [0.717, 1.165) is 16.9 Å². The number of nitriles is 1. The fourth-order valence-corrected chi connectivity index (χ4v) is 2.36. The van der Waals surface area contributed by atoms with Crippen LogP contribution in [0.4, 0.5) is 5.13 Å². The van der Waals surface area contributed by atoms with Gasteiger partial charge in [-0.25, -0.2) is 4.98 Å². The van der Waals surface area contributed by atoms with Crippen molar-refractivity contribution in [3.8, 4) is 11.8 Å². The van der Waals surface area contributed by atoms with Gasteiger partial charge in [0.15, 0.2) is 11.2 Å². The zero-order valence-corrected chi connectivity index (χ0v) is 12.6. The first kappa shape index (κ1) is 15.0. The van der Waals surface area contributed by atoms with Crippen molar-refractivity contribution >= 4 is 22.4 Å². The fraction of sp³-hybridized carbons (Fsp3) is 0.267. The van der Waals surface area contributed by atoms with Crippen molar-refractivity contribution in [1.82, 2.24) is 4.98 Å². The first-order chi connectivity index (χ1) is 10.1. The Balaban J connectivity index is 2.03. The average Bonchev–Trinajstić information content (AvgIpc) is 2.92. The molecule has 1 N–H and O–H groups in total. The number of benzene rings is 1. The van der Waals surface area contributed by atoms with Crippen molar-refractivity contribution in [1.29, 1.82) is 5.26 Å². The van der Waals surface area contributed by atoms with Crippen LogP contribution in [0.2, 0.25) is 0 Å². The van der Waals surface area contributed by atoms with Crippen molar-refractivity contribution < 1.29 is 9.53 Å². The van der Waals surface area contributed by atoms with Crippen LogP contribution in [0.1, 0.15) is 23.8 Å². The Bertz CT molecular complexity index is 676. The summed E-state index contributed by atoms with van der Waals surface area (Å²) in [7, 11) is 0. The molecule has 1 aromatic heterocycles. The maximum atomic E-state index is 12.2. The van der Waals surface area contributed by atoms with Gasteiger partial charge >= 0.3 is 0 Å². The molecule has 1 unspecified atom stereocenters. The Hall–Kier alpha value is -2.39. The van der Waals surface area contributed by atoms with Crippen LogP contribution < -0.4 is 10.1 Å². The summed E-state index contributed by atoms with van der Waals surface area (Å²) in [5.74, 6) is 0.395. The lowest BCUT2D eigenvalue weighted by molar-refractivity contribution is -0.122. The number of hydrogen-bond acceptors (Lipinski definition) is 5. The summed E-state index contributed by atoms with van der Waals surface area (Å²) in [5.41, 5.74) is 1.07. The second-order valence-corrected chi connectivity index (χ2v) is 5.49. The van der Waals surface area contributed by atoms with Gasteiger partial charge in [-0.1, -0.05) is 30.4 Å². The molecule has 0 aliphatic carbocycles. The summed E-state index contributed by atoms with van der Waals surface area (Å²) in [6, 6.07) is 9.53. The number of anilines is 1. The number of hydrogen-bond donors (Lipinski definition) is 1. The molecule has 108 valence electrons. The van der Waals surface area contributed by atoms with Crippen LogP contribution in [-0.2, 0) is 4.79 Å². The highest BCUT2D eigenvalue weighted by atomic mass is 32.1. The molecule has 5 nitrogen and oxygen atoms in total. The predicted octanol–water partition coefficient (Wildman–Crippen LogP) is 3.12. The monoisotopic (exact) mass is 301 g/mol. The normalized spacial score (nSPS) is 11.5. The third kappa shape index (κ3) is 4.04. The topological polar surface area (TPSA) is 75.0 Å². The largest absolute Gasteiger partial charge is 0.481 e. The standard InChI is InChI=1S/C15H15N3O2S/c1-3-13(20-11-6-4-5-10(2)7-11)14(19)18-15-17-9-12(8-16)21-15/h4-7,9,13H,3H2,1-2H3,(H,17,18,19). The van der Waals surface area contributed by atoms with E-state index in [1.807, 2.05) is 44.2 Å². The molecule has 1 atom stereocenters. The molecule has 0 bridgehead atoms. The van der Waals surface area contributed by atoms with Crippen LogP contribution in [-0.4, -0.2) is 17.0 Å². The van der Waals surface area contributed by atoms with Gasteiger partial charge in [-0.3, -0.25) is 10.1 Å². The Kier molecular flexibility index (Phi) is 4.90. The van der Waals surface area contributed by atoms with Crippen molar-refractivity contribution in [2.24, 2.45) is 0 Å². The van der Waals surface area contributed by atoms with Gasteiger partial charge in [-0.15, -0.1) is 0 Å². The quantitative estimate of drug-likeness (QED) is 0.920. The smallest absolute Gasteiger partial charge is 0.267 e. The van der Waals surface area contributed by atoms with Crippen LogP contribution in [0.25, 0.3) is 0 Å². The van der Waals surface area contributed by atoms with Gasteiger partial charge in [0.1, 0.15) is 16.7 Å². The van der Waals surface area contributed by atoms with E-state index in [1.165, 1.54) is 6.20 Å². The van der Waals surface area contributed by atoms with E-state index in [-0.39, 0.29) is 5.91 Å². The van der Waals surface area contributed by atoms with Crippen LogP contribution in [0, 0.1) is 18.3 Å². The van der Waals surface area contributed by atoms with E-state index in [0.29, 0.717) is 22.2 Å². The molecule has 0 spiro atoms. The fourth-order valence-electron chi connectivity index (χ4n) is 1.74. The molecule has 1 aromatic carbocycles. The first-order valence-corrected chi connectivity index (χ1v) is 7.34. The van der Waals surface area contributed by atoms with Gasteiger partial charge in [0.05, 0.1) is 6.20 Å². The Morgan fingerprint density at radius 3 is 3.00 bits per heavy atom. The van der Waals surface area contributed by atoms with E-state index >= 15 is 0 Å². The Morgan fingerprint density at radius 2 is 2.38 bits per heavy atom. The number of aryl methyl sites for hydroxylation is 1.